The highest BCUT2D eigenvalue weighted by atomic mass is 19.2. The summed E-state index contributed by atoms with van der Waals surface area (Å²) in [7, 11) is 0. The Morgan fingerprint density at radius 2 is 1.40 bits per heavy atom. The Morgan fingerprint density at radius 1 is 0.760 bits per heavy atom. The van der Waals surface area contributed by atoms with Crippen molar-refractivity contribution in [2.24, 2.45) is 0 Å². The number of nitriles is 1. The van der Waals surface area contributed by atoms with Gasteiger partial charge in [0.15, 0.2) is 23.3 Å². The largest absolute Gasteiger partial charge is 0.455 e. The van der Waals surface area contributed by atoms with E-state index in [1.165, 1.54) is 12.1 Å². The van der Waals surface area contributed by atoms with Crippen molar-refractivity contribution in [2.45, 2.75) is 0 Å². The number of fused-ring (bicyclic) bond motifs is 3. The van der Waals surface area contributed by atoms with E-state index < -0.39 is 34.4 Å². The third-order valence-electron chi connectivity index (χ3n) is 4.05. The molecule has 25 heavy (non-hydrogen) atoms. The lowest BCUT2D eigenvalue weighted by Crippen LogP contribution is -2.04. The van der Waals surface area contributed by atoms with Gasteiger partial charge < -0.3 is 4.42 Å². The second kappa shape index (κ2) is 5.35. The molecule has 0 fully saturated rings. The van der Waals surface area contributed by atoms with E-state index in [2.05, 4.69) is 0 Å². The number of nitrogens with zero attached hydrogens (tertiary/aromatic N) is 1. The molecule has 0 saturated heterocycles. The molecule has 4 rings (SSSR count). The summed E-state index contributed by atoms with van der Waals surface area (Å²) in [4.78, 5) is 0. The second-order valence-corrected chi connectivity index (χ2v) is 5.40. The van der Waals surface area contributed by atoms with Crippen molar-refractivity contribution in [3.8, 4) is 17.2 Å². The molecule has 0 spiro atoms. The van der Waals surface area contributed by atoms with Gasteiger partial charge in [-0.2, -0.15) is 5.26 Å². The molecule has 4 aromatic rings. The quantitative estimate of drug-likeness (QED) is 0.330. The van der Waals surface area contributed by atoms with Gasteiger partial charge in [0.05, 0.1) is 5.56 Å². The summed E-state index contributed by atoms with van der Waals surface area (Å²) in [5.41, 5.74) is -1.76. The number of hydrogen-bond donors (Lipinski definition) is 0. The van der Waals surface area contributed by atoms with Gasteiger partial charge in [-0.05, 0) is 6.07 Å². The first-order valence-electron chi connectivity index (χ1n) is 7.21. The first-order chi connectivity index (χ1) is 12.0. The Morgan fingerprint density at radius 3 is 2.08 bits per heavy atom. The molecule has 0 aliphatic rings. The fraction of sp³-hybridized carbons (Fsp3) is 0. The number of furan rings is 1. The molecule has 0 aliphatic heterocycles. The highest BCUT2D eigenvalue weighted by Crippen LogP contribution is 2.39. The van der Waals surface area contributed by atoms with E-state index in [0.717, 1.165) is 6.07 Å². The molecule has 0 atom stereocenters. The fourth-order valence-corrected chi connectivity index (χ4v) is 2.91. The molecule has 2 nitrogen and oxygen atoms in total. The topological polar surface area (TPSA) is 36.9 Å². The minimum Gasteiger partial charge on any atom is -0.455 e. The lowest BCUT2D eigenvalue weighted by molar-refractivity contribution is 0.454. The van der Waals surface area contributed by atoms with Crippen LogP contribution in [0.1, 0.15) is 5.56 Å². The van der Waals surface area contributed by atoms with Gasteiger partial charge in [-0.15, -0.1) is 0 Å². The average molecular weight is 341 g/mol. The smallest absolute Gasteiger partial charge is 0.180 e. The summed E-state index contributed by atoms with van der Waals surface area (Å²) < 4.78 is 62.3. The molecule has 0 radical (unpaired) electrons. The Labute approximate surface area is 138 Å². The summed E-state index contributed by atoms with van der Waals surface area (Å²) >= 11 is 0. The molecule has 0 saturated carbocycles. The van der Waals surface area contributed by atoms with E-state index in [-0.39, 0.29) is 11.1 Å². The first kappa shape index (κ1) is 15.2. The molecule has 0 bridgehead atoms. The van der Waals surface area contributed by atoms with Crippen LogP contribution in [0.4, 0.5) is 17.6 Å². The van der Waals surface area contributed by atoms with Gasteiger partial charge in [-0.25, -0.2) is 17.6 Å². The summed E-state index contributed by atoms with van der Waals surface area (Å²) in [5.74, 6) is -6.74. The molecule has 0 aliphatic carbocycles. The lowest BCUT2D eigenvalue weighted by atomic mass is 9.99. The van der Waals surface area contributed by atoms with Crippen molar-refractivity contribution in [3.05, 3.63) is 71.3 Å². The van der Waals surface area contributed by atoms with Crippen molar-refractivity contribution < 1.29 is 22.0 Å². The molecule has 0 amide bonds. The number of halogens is 4. The van der Waals surface area contributed by atoms with E-state index in [0.29, 0.717) is 16.4 Å². The van der Waals surface area contributed by atoms with Gasteiger partial charge in [0.1, 0.15) is 22.8 Å². The highest BCUT2D eigenvalue weighted by Gasteiger charge is 2.28. The summed E-state index contributed by atoms with van der Waals surface area (Å²) in [6.45, 7) is 0. The summed E-state index contributed by atoms with van der Waals surface area (Å²) in [6.07, 6.45) is 0. The van der Waals surface area contributed by atoms with Crippen LogP contribution in [0, 0.1) is 34.6 Å². The van der Waals surface area contributed by atoms with E-state index in [1.54, 1.807) is 30.3 Å². The van der Waals surface area contributed by atoms with Gasteiger partial charge in [-0.1, -0.05) is 36.4 Å². The highest BCUT2D eigenvalue weighted by molar-refractivity contribution is 6.09. The van der Waals surface area contributed by atoms with E-state index in [9.17, 15) is 17.6 Å². The van der Waals surface area contributed by atoms with Crippen LogP contribution in [-0.2, 0) is 0 Å². The van der Waals surface area contributed by atoms with Crippen molar-refractivity contribution in [1.82, 2.24) is 0 Å². The molecule has 3 aromatic carbocycles. The molecule has 1 heterocycles. The molecule has 1 aromatic heterocycles. The minimum atomic E-state index is -1.73. The monoisotopic (exact) mass is 341 g/mol. The molecular weight excluding hydrogens is 334 g/mol. The predicted octanol–water partition coefficient (Wildman–Crippen LogP) is 5.68. The van der Waals surface area contributed by atoms with Gasteiger partial charge >= 0.3 is 0 Å². The van der Waals surface area contributed by atoms with Crippen LogP contribution in [0.5, 0.6) is 0 Å². The number of benzene rings is 3. The standard InChI is InChI=1S/C19H7F4NO/c20-15-12(8-24)16(21)18(23)14(17(15)22)11-6-3-5-10-9-4-1-2-7-13(9)25-19(10)11/h1-7H. The SMILES string of the molecule is N#Cc1c(F)c(F)c(-c2cccc3c2oc2ccccc23)c(F)c1F. The maximum absolute atomic E-state index is 14.4. The van der Waals surface area contributed by atoms with E-state index in [4.69, 9.17) is 9.68 Å². The zero-order valence-electron chi connectivity index (χ0n) is 12.4. The second-order valence-electron chi connectivity index (χ2n) is 5.40. The third-order valence-corrected chi connectivity index (χ3v) is 4.05. The zero-order chi connectivity index (χ0) is 17.7. The molecule has 6 heteroatoms. The van der Waals surface area contributed by atoms with Gasteiger partial charge in [0.2, 0.25) is 0 Å². The fourth-order valence-electron chi connectivity index (χ4n) is 2.91. The van der Waals surface area contributed by atoms with Crippen LogP contribution >= 0.6 is 0 Å². The summed E-state index contributed by atoms with van der Waals surface area (Å²) in [5, 5.41) is 9.95. The maximum atomic E-state index is 14.4. The molecular formula is C19H7F4NO. The van der Waals surface area contributed by atoms with Crippen LogP contribution < -0.4 is 0 Å². The molecule has 0 unspecified atom stereocenters. The van der Waals surface area contributed by atoms with Gasteiger partial charge in [0, 0.05) is 16.3 Å². The molecule has 122 valence electrons. The number of para-hydroxylation sites is 2. The normalized spacial score (nSPS) is 11.2. The predicted molar refractivity (Wildman–Crippen MR) is 83.7 cm³/mol. The maximum Gasteiger partial charge on any atom is 0.180 e. The Kier molecular flexibility index (Phi) is 3.25. The zero-order valence-corrected chi connectivity index (χ0v) is 12.4. The van der Waals surface area contributed by atoms with Crippen molar-refractivity contribution in [3.63, 3.8) is 0 Å². The van der Waals surface area contributed by atoms with Crippen molar-refractivity contribution in [2.75, 3.05) is 0 Å². The third kappa shape index (κ3) is 2.02. The van der Waals surface area contributed by atoms with Crippen LogP contribution in [-0.4, -0.2) is 0 Å². The summed E-state index contributed by atoms with van der Waals surface area (Å²) in [6, 6.07) is 12.5. The number of rotatable bonds is 1. The van der Waals surface area contributed by atoms with Crippen LogP contribution in [0.15, 0.2) is 46.9 Å². The minimum absolute atomic E-state index is 0.102. The Hall–Kier alpha value is -3.33. The van der Waals surface area contributed by atoms with E-state index in [1.807, 2.05) is 0 Å². The van der Waals surface area contributed by atoms with Crippen LogP contribution in [0.25, 0.3) is 33.1 Å². The average Bonchev–Trinajstić information content (AvgIpc) is 3.00. The molecule has 0 N–H and O–H groups in total. The van der Waals surface area contributed by atoms with Crippen molar-refractivity contribution >= 4 is 21.9 Å². The first-order valence-corrected chi connectivity index (χ1v) is 7.21. The van der Waals surface area contributed by atoms with Gasteiger partial charge in [-0.3, -0.25) is 0 Å². The lowest BCUT2D eigenvalue weighted by Gasteiger charge is -2.09. The van der Waals surface area contributed by atoms with Crippen molar-refractivity contribution in [1.29, 1.82) is 5.26 Å². The van der Waals surface area contributed by atoms with Crippen LogP contribution in [0.2, 0.25) is 0 Å². The van der Waals surface area contributed by atoms with Crippen LogP contribution in [0.3, 0.4) is 0 Å². The van der Waals surface area contributed by atoms with E-state index >= 15 is 0 Å². The Bertz CT molecular complexity index is 1170. The van der Waals surface area contributed by atoms with Gasteiger partial charge in [0.25, 0.3) is 0 Å². The Balaban J connectivity index is 2.15. The number of hydrogen-bond acceptors (Lipinski definition) is 2.